The first-order valence-corrected chi connectivity index (χ1v) is 5.90. The molecule has 1 amide bonds. The zero-order valence-corrected chi connectivity index (χ0v) is 10.6. The minimum Gasteiger partial charge on any atom is -0.347 e. The Morgan fingerprint density at radius 1 is 1.47 bits per heavy atom. The number of aromatic nitrogens is 2. The predicted octanol–water partition coefficient (Wildman–Crippen LogP) is 1.68. The quantitative estimate of drug-likeness (QED) is 0.902. The molecule has 1 aromatic carbocycles. The molecule has 0 saturated carbocycles. The third-order valence-electron chi connectivity index (χ3n) is 2.83. The van der Waals surface area contributed by atoms with E-state index in [2.05, 4.69) is 16.0 Å². The fourth-order valence-corrected chi connectivity index (χ4v) is 1.83. The van der Waals surface area contributed by atoms with Crippen LogP contribution >= 0.6 is 0 Å². The van der Waals surface area contributed by atoms with Crippen LogP contribution in [-0.4, -0.2) is 27.8 Å². The van der Waals surface area contributed by atoms with Gasteiger partial charge in [-0.15, -0.1) is 0 Å². The van der Waals surface area contributed by atoms with Crippen molar-refractivity contribution in [3.63, 3.8) is 0 Å². The lowest BCUT2D eigenvalue weighted by Gasteiger charge is -2.19. The number of hydrogen-bond acceptors (Lipinski definition) is 3. The van der Waals surface area contributed by atoms with Crippen LogP contribution in [0.1, 0.15) is 17.3 Å². The highest BCUT2D eigenvalue weighted by atomic mass is 16.2. The number of imidazole rings is 1. The number of nitrogens with one attached hydrogen (secondary N) is 1. The molecule has 0 aliphatic carbocycles. The SMILES string of the molecule is CN(Cc1ncc[nH]1)C(=O)C(C#N)c1ccccc1. The number of carbonyl (C=O) groups excluding carboxylic acids is 1. The number of nitrogens with zero attached hydrogens (tertiary/aromatic N) is 3. The smallest absolute Gasteiger partial charge is 0.244 e. The summed E-state index contributed by atoms with van der Waals surface area (Å²) in [5.41, 5.74) is 0.710. The van der Waals surface area contributed by atoms with Gasteiger partial charge in [0.1, 0.15) is 11.7 Å². The average Bonchev–Trinajstić information content (AvgIpc) is 2.93. The lowest BCUT2D eigenvalue weighted by molar-refractivity contribution is -0.130. The minimum absolute atomic E-state index is 0.231. The lowest BCUT2D eigenvalue weighted by atomic mass is 9.99. The van der Waals surface area contributed by atoms with Gasteiger partial charge in [-0.1, -0.05) is 30.3 Å². The maximum absolute atomic E-state index is 12.3. The van der Waals surface area contributed by atoms with Crippen molar-refractivity contribution in [1.29, 1.82) is 5.26 Å². The summed E-state index contributed by atoms with van der Waals surface area (Å²) in [4.78, 5) is 20.8. The average molecular weight is 254 g/mol. The molecule has 0 bridgehead atoms. The van der Waals surface area contributed by atoms with Crippen molar-refractivity contribution in [2.45, 2.75) is 12.5 Å². The number of likely N-dealkylation sites (N-methyl/N-ethyl adjacent to an activating group) is 1. The molecule has 0 radical (unpaired) electrons. The molecule has 0 aliphatic rings. The van der Waals surface area contributed by atoms with Crippen molar-refractivity contribution < 1.29 is 4.79 Å². The van der Waals surface area contributed by atoms with E-state index in [9.17, 15) is 10.1 Å². The van der Waals surface area contributed by atoms with Gasteiger partial charge in [-0.05, 0) is 5.56 Å². The lowest BCUT2D eigenvalue weighted by Crippen LogP contribution is -2.31. The van der Waals surface area contributed by atoms with Gasteiger partial charge in [0, 0.05) is 19.4 Å². The second kappa shape index (κ2) is 5.83. The summed E-state index contributed by atoms with van der Waals surface area (Å²) in [6, 6.07) is 11.1. The first-order valence-electron chi connectivity index (χ1n) is 5.90. The summed E-state index contributed by atoms with van der Waals surface area (Å²) in [5.74, 6) is -0.313. The van der Waals surface area contributed by atoms with Crippen molar-refractivity contribution >= 4 is 5.91 Å². The second-order valence-electron chi connectivity index (χ2n) is 4.20. The van der Waals surface area contributed by atoms with Crippen LogP contribution in [0.15, 0.2) is 42.7 Å². The van der Waals surface area contributed by atoms with Crippen molar-refractivity contribution in [2.75, 3.05) is 7.05 Å². The van der Waals surface area contributed by atoms with Crippen molar-refractivity contribution in [2.24, 2.45) is 0 Å². The number of amides is 1. The van der Waals surface area contributed by atoms with E-state index < -0.39 is 5.92 Å². The molecule has 0 spiro atoms. The van der Waals surface area contributed by atoms with Crippen LogP contribution in [-0.2, 0) is 11.3 Å². The van der Waals surface area contributed by atoms with Crippen molar-refractivity contribution in [3.8, 4) is 6.07 Å². The molecule has 1 unspecified atom stereocenters. The van der Waals surface area contributed by atoms with E-state index in [1.807, 2.05) is 18.2 Å². The molecule has 2 rings (SSSR count). The highest BCUT2D eigenvalue weighted by Crippen LogP contribution is 2.17. The van der Waals surface area contributed by atoms with Crippen LogP contribution in [0, 0.1) is 11.3 Å². The second-order valence-corrected chi connectivity index (χ2v) is 4.20. The van der Waals surface area contributed by atoms with Gasteiger partial charge in [0.05, 0.1) is 12.6 Å². The van der Waals surface area contributed by atoms with E-state index in [1.165, 1.54) is 4.90 Å². The molecule has 0 aliphatic heterocycles. The van der Waals surface area contributed by atoms with E-state index in [4.69, 9.17) is 0 Å². The maximum Gasteiger partial charge on any atom is 0.244 e. The molecule has 0 fully saturated rings. The Morgan fingerprint density at radius 3 is 2.79 bits per heavy atom. The molecule has 1 N–H and O–H groups in total. The molecule has 1 atom stereocenters. The summed E-state index contributed by atoms with van der Waals surface area (Å²) in [7, 11) is 1.66. The monoisotopic (exact) mass is 254 g/mol. The third-order valence-corrected chi connectivity index (χ3v) is 2.83. The van der Waals surface area contributed by atoms with Crippen LogP contribution in [0.4, 0.5) is 0 Å². The van der Waals surface area contributed by atoms with Crippen LogP contribution in [0.3, 0.4) is 0 Å². The Kier molecular flexibility index (Phi) is 3.94. The van der Waals surface area contributed by atoms with E-state index in [1.54, 1.807) is 31.6 Å². The summed E-state index contributed by atoms with van der Waals surface area (Å²) in [6.07, 6.45) is 3.33. The first kappa shape index (κ1) is 12.8. The Labute approximate surface area is 111 Å². The summed E-state index contributed by atoms with van der Waals surface area (Å²) < 4.78 is 0. The Hall–Kier alpha value is -2.61. The van der Waals surface area contributed by atoms with Gasteiger partial charge in [0.25, 0.3) is 0 Å². The fraction of sp³-hybridized carbons (Fsp3) is 0.214. The minimum atomic E-state index is -0.777. The summed E-state index contributed by atoms with van der Waals surface area (Å²) >= 11 is 0. The van der Waals surface area contributed by atoms with E-state index >= 15 is 0 Å². The zero-order valence-electron chi connectivity index (χ0n) is 10.6. The standard InChI is InChI=1S/C14H14N4O/c1-18(10-13-16-7-8-17-13)14(19)12(9-15)11-5-3-2-4-6-11/h2-8,12H,10H2,1H3,(H,16,17). The zero-order chi connectivity index (χ0) is 13.7. The number of rotatable bonds is 4. The number of H-pyrrole nitrogens is 1. The molecule has 1 aromatic heterocycles. The van der Waals surface area contributed by atoms with Crippen LogP contribution in [0.25, 0.3) is 0 Å². The number of benzene rings is 1. The van der Waals surface area contributed by atoms with E-state index in [-0.39, 0.29) is 5.91 Å². The largest absolute Gasteiger partial charge is 0.347 e. The van der Waals surface area contributed by atoms with Gasteiger partial charge in [-0.25, -0.2) is 4.98 Å². The van der Waals surface area contributed by atoms with Gasteiger partial charge in [-0.2, -0.15) is 5.26 Å². The maximum atomic E-state index is 12.3. The van der Waals surface area contributed by atoms with Gasteiger partial charge >= 0.3 is 0 Å². The topological polar surface area (TPSA) is 72.8 Å². The van der Waals surface area contributed by atoms with Gasteiger partial charge in [0.15, 0.2) is 0 Å². The molecule has 2 aromatic rings. The number of aromatic amines is 1. The third kappa shape index (κ3) is 2.99. The van der Waals surface area contributed by atoms with Crippen molar-refractivity contribution in [3.05, 3.63) is 54.1 Å². The Balaban J connectivity index is 2.11. The molecule has 5 nitrogen and oxygen atoms in total. The Bertz CT molecular complexity index is 571. The van der Waals surface area contributed by atoms with Crippen LogP contribution in [0.2, 0.25) is 0 Å². The van der Waals surface area contributed by atoms with Crippen LogP contribution < -0.4 is 0 Å². The number of hydrogen-bond donors (Lipinski definition) is 1. The number of carbonyl (C=O) groups is 1. The predicted molar refractivity (Wildman–Crippen MR) is 69.9 cm³/mol. The first-order chi connectivity index (χ1) is 9.22. The molecule has 5 heteroatoms. The van der Waals surface area contributed by atoms with E-state index in [0.717, 1.165) is 0 Å². The highest BCUT2D eigenvalue weighted by molar-refractivity contribution is 5.86. The highest BCUT2D eigenvalue weighted by Gasteiger charge is 2.23. The van der Waals surface area contributed by atoms with Crippen molar-refractivity contribution in [1.82, 2.24) is 14.9 Å². The molecular formula is C14H14N4O. The van der Waals surface area contributed by atoms with Gasteiger partial charge in [-0.3, -0.25) is 4.79 Å². The Morgan fingerprint density at radius 2 is 2.21 bits per heavy atom. The molecular weight excluding hydrogens is 240 g/mol. The summed E-state index contributed by atoms with van der Waals surface area (Å²) in [5, 5.41) is 9.20. The molecule has 96 valence electrons. The molecule has 1 heterocycles. The van der Waals surface area contributed by atoms with Gasteiger partial charge < -0.3 is 9.88 Å². The van der Waals surface area contributed by atoms with Gasteiger partial charge in [0.2, 0.25) is 5.91 Å². The summed E-state index contributed by atoms with van der Waals surface area (Å²) in [6.45, 7) is 0.358. The molecule has 0 saturated heterocycles. The van der Waals surface area contributed by atoms with Crippen LogP contribution in [0.5, 0.6) is 0 Å². The number of nitriles is 1. The fourth-order valence-electron chi connectivity index (χ4n) is 1.83. The van der Waals surface area contributed by atoms with E-state index in [0.29, 0.717) is 17.9 Å². The normalized spacial score (nSPS) is 11.6. The molecule has 19 heavy (non-hydrogen) atoms.